The van der Waals surface area contributed by atoms with Crippen LogP contribution in [-0.4, -0.2) is 92.4 Å². The zero-order valence-electron chi connectivity index (χ0n) is 28.0. The third-order valence-corrected chi connectivity index (χ3v) is 9.19. The van der Waals surface area contributed by atoms with Crippen molar-refractivity contribution in [2.75, 3.05) is 63.4 Å². The van der Waals surface area contributed by atoms with Crippen LogP contribution in [0.4, 0.5) is 17.1 Å². The number of likely N-dealkylation sites (N-methyl/N-ethyl adjacent to an activating group) is 1. The Balaban J connectivity index is 1.29. The molecule has 0 saturated carbocycles. The second kappa shape index (κ2) is 15.6. The highest BCUT2D eigenvalue weighted by Gasteiger charge is 2.40. The molecule has 0 spiro atoms. The van der Waals surface area contributed by atoms with Crippen LogP contribution in [0.25, 0.3) is 0 Å². The molecule has 10 heteroatoms. The first-order valence-electron chi connectivity index (χ1n) is 16.6. The first-order chi connectivity index (χ1) is 22.6. The van der Waals surface area contributed by atoms with Crippen LogP contribution >= 0.6 is 0 Å². The number of anilines is 3. The van der Waals surface area contributed by atoms with Crippen molar-refractivity contribution in [3.8, 4) is 5.75 Å². The van der Waals surface area contributed by atoms with Gasteiger partial charge in [-0.3, -0.25) is 14.5 Å². The van der Waals surface area contributed by atoms with Crippen LogP contribution < -0.4 is 20.7 Å². The molecule has 3 aromatic carbocycles. The third-order valence-electron chi connectivity index (χ3n) is 9.19. The maximum Gasteiger partial charge on any atom is 0.258 e. The average Bonchev–Trinajstić information content (AvgIpc) is 3.49. The third kappa shape index (κ3) is 8.62. The molecule has 2 aliphatic heterocycles. The Morgan fingerprint density at radius 3 is 2.55 bits per heavy atom. The molecule has 0 unspecified atom stereocenters. The van der Waals surface area contributed by atoms with Crippen molar-refractivity contribution < 1.29 is 24.2 Å². The number of nitrogens with two attached hydrogens (primary N) is 1. The zero-order valence-corrected chi connectivity index (χ0v) is 28.0. The minimum atomic E-state index is -0.299. The summed E-state index contributed by atoms with van der Waals surface area (Å²) in [4.78, 5) is 32.9. The predicted octanol–water partition coefficient (Wildman–Crippen LogP) is 4.88. The number of fused-ring (bicyclic) bond motifs is 3. The molecule has 2 aliphatic rings. The smallest absolute Gasteiger partial charge is 0.258 e. The summed E-state index contributed by atoms with van der Waals surface area (Å²) < 4.78 is 12.9. The van der Waals surface area contributed by atoms with Gasteiger partial charge < -0.3 is 35.4 Å². The molecule has 1 saturated heterocycles. The number of aliphatic hydroxyl groups excluding tert-OH is 1. The monoisotopic (exact) mass is 643 g/mol. The lowest BCUT2D eigenvalue weighted by atomic mass is 9.98. The van der Waals surface area contributed by atoms with E-state index in [2.05, 4.69) is 17.3 Å². The Bertz CT molecular complexity index is 1510. The summed E-state index contributed by atoms with van der Waals surface area (Å²) in [6, 6.07) is 20.2. The largest absolute Gasteiger partial charge is 0.490 e. The fourth-order valence-electron chi connectivity index (χ4n) is 6.50. The molecule has 0 radical (unpaired) electrons. The van der Waals surface area contributed by atoms with Crippen LogP contribution in [0.3, 0.4) is 0 Å². The van der Waals surface area contributed by atoms with E-state index in [0.717, 1.165) is 30.5 Å². The van der Waals surface area contributed by atoms with Gasteiger partial charge in [0.05, 0.1) is 41.8 Å². The summed E-state index contributed by atoms with van der Waals surface area (Å²) in [5, 5.41) is 13.3. The number of nitrogens with zero attached hydrogens (tertiary/aromatic N) is 3. The van der Waals surface area contributed by atoms with Gasteiger partial charge in [-0.15, -0.1) is 0 Å². The van der Waals surface area contributed by atoms with Crippen molar-refractivity contribution in [3.05, 3.63) is 83.4 Å². The summed E-state index contributed by atoms with van der Waals surface area (Å²) in [6.07, 6.45) is 3.22. The van der Waals surface area contributed by atoms with E-state index >= 15 is 0 Å². The van der Waals surface area contributed by atoms with Crippen LogP contribution in [0.5, 0.6) is 5.75 Å². The number of para-hydroxylation sites is 2. The minimum absolute atomic E-state index is 0.0504. The van der Waals surface area contributed by atoms with Crippen molar-refractivity contribution in [1.29, 1.82) is 0 Å². The molecule has 0 aromatic heterocycles. The Labute approximate surface area is 278 Å². The van der Waals surface area contributed by atoms with Crippen molar-refractivity contribution >= 4 is 28.9 Å². The second-order valence-electron chi connectivity index (χ2n) is 13.1. The van der Waals surface area contributed by atoms with E-state index < -0.39 is 0 Å². The molecule has 2 bridgehead atoms. The molecular formula is C37H49N5O5. The summed E-state index contributed by atoms with van der Waals surface area (Å²) in [5.41, 5.74) is 10.2. The van der Waals surface area contributed by atoms with Gasteiger partial charge in [-0.25, -0.2) is 0 Å². The molecule has 2 heterocycles. The zero-order chi connectivity index (χ0) is 33.5. The van der Waals surface area contributed by atoms with E-state index in [-0.39, 0.29) is 42.6 Å². The number of hydrogen-bond acceptors (Lipinski definition) is 8. The fraction of sp³-hybridized carbons (Fsp3) is 0.459. The number of amides is 2. The number of nitrogen functional groups attached to an aromatic ring is 1. The number of carbonyl (C=O) groups is 2. The lowest BCUT2D eigenvalue weighted by Crippen LogP contribution is -2.40. The van der Waals surface area contributed by atoms with E-state index in [1.165, 1.54) is 0 Å². The van der Waals surface area contributed by atoms with Gasteiger partial charge in [-0.2, -0.15) is 0 Å². The summed E-state index contributed by atoms with van der Waals surface area (Å²) in [6.45, 7) is 4.39. The van der Waals surface area contributed by atoms with Crippen molar-refractivity contribution in [2.24, 2.45) is 5.92 Å². The van der Waals surface area contributed by atoms with Crippen LogP contribution in [0, 0.1) is 5.92 Å². The molecule has 2 amide bonds. The van der Waals surface area contributed by atoms with Crippen LogP contribution in [-0.2, 0) is 11.3 Å². The lowest BCUT2D eigenvalue weighted by molar-refractivity contribution is -0.00752. The number of ether oxygens (including phenoxy) is 2. The van der Waals surface area contributed by atoms with Gasteiger partial charge in [0.25, 0.3) is 11.8 Å². The van der Waals surface area contributed by atoms with E-state index in [1.54, 1.807) is 12.1 Å². The molecule has 1 fully saturated rings. The SMILES string of the molecule is C[C@@H]1CCCCO[C@@H](CN(C)Cc2ccc(C(=O)Nc3ccccc3N)cc2)[C@H]2C[C@H](CO)N(C2)C(=O)c2cc(N(C)C)ccc2O1. The molecular weight excluding hydrogens is 594 g/mol. The van der Waals surface area contributed by atoms with E-state index in [0.29, 0.717) is 60.9 Å². The number of benzene rings is 3. The average molecular weight is 644 g/mol. The van der Waals surface area contributed by atoms with Crippen molar-refractivity contribution in [3.63, 3.8) is 0 Å². The molecule has 47 heavy (non-hydrogen) atoms. The molecule has 4 atom stereocenters. The van der Waals surface area contributed by atoms with Crippen LogP contribution in [0.15, 0.2) is 66.7 Å². The highest BCUT2D eigenvalue weighted by atomic mass is 16.5. The van der Waals surface area contributed by atoms with E-state index in [9.17, 15) is 14.7 Å². The number of carbonyl (C=O) groups excluding carboxylic acids is 2. The Morgan fingerprint density at radius 2 is 1.83 bits per heavy atom. The Kier molecular flexibility index (Phi) is 11.4. The minimum Gasteiger partial charge on any atom is -0.490 e. The lowest BCUT2D eigenvalue weighted by Gasteiger charge is -2.30. The van der Waals surface area contributed by atoms with E-state index in [1.807, 2.05) is 85.4 Å². The van der Waals surface area contributed by atoms with Crippen molar-refractivity contribution in [2.45, 2.75) is 57.4 Å². The van der Waals surface area contributed by atoms with Gasteiger partial charge in [0.1, 0.15) is 5.75 Å². The maximum absolute atomic E-state index is 14.1. The summed E-state index contributed by atoms with van der Waals surface area (Å²) in [7, 11) is 5.97. The molecule has 0 aliphatic carbocycles. The van der Waals surface area contributed by atoms with Gasteiger partial charge in [-0.1, -0.05) is 24.3 Å². The highest BCUT2D eigenvalue weighted by molar-refractivity contribution is 6.05. The van der Waals surface area contributed by atoms with Gasteiger partial charge >= 0.3 is 0 Å². The topological polar surface area (TPSA) is 121 Å². The van der Waals surface area contributed by atoms with Gasteiger partial charge in [-0.05, 0) is 87.7 Å². The van der Waals surface area contributed by atoms with Gasteiger partial charge in [0.2, 0.25) is 0 Å². The first kappa shape index (κ1) is 34.2. The molecule has 4 N–H and O–H groups in total. The van der Waals surface area contributed by atoms with E-state index in [4.69, 9.17) is 15.2 Å². The quantitative estimate of drug-likeness (QED) is 0.297. The number of aliphatic hydroxyl groups is 1. The van der Waals surface area contributed by atoms with Crippen molar-refractivity contribution in [1.82, 2.24) is 9.80 Å². The number of nitrogens with one attached hydrogen (secondary N) is 1. The number of rotatable bonds is 8. The molecule has 5 rings (SSSR count). The van der Waals surface area contributed by atoms with Gasteiger partial charge in [0, 0.05) is 57.5 Å². The molecule has 252 valence electrons. The normalized spacial score (nSPS) is 21.9. The predicted molar refractivity (Wildman–Crippen MR) is 186 cm³/mol. The first-order valence-corrected chi connectivity index (χ1v) is 16.6. The van der Waals surface area contributed by atoms with Crippen LogP contribution in [0.1, 0.15) is 58.9 Å². The standard InChI is InChI=1S/C37H49N5O5/c1-25-9-7-8-18-46-35(23-41(4)21-26-12-14-27(15-13-26)36(44)39-33-11-6-5-10-32(33)38)28-19-30(24-43)42(22-28)37(45)31-20-29(40(2)3)16-17-34(31)47-25/h5-6,10-17,20,25,28,30,35,43H,7-9,18-19,21-24,38H2,1-4H3,(H,39,44)/t25-,28+,30-,35+/m1/s1. The number of hydrogen-bond donors (Lipinski definition) is 3. The van der Waals surface area contributed by atoms with Crippen LogP contribution in [0.2, 0.25) is 0 Å². The Morgan fingerprint density at radius 1 is 1.06 bits per heavy atom. The van der Waals surface area contributed by atoms with Gasteiger partial charge in [0.15, 0.2) is 0 Å². The molecule has 3 aromatic rings. The second-order valence-corrected chi connectivity index (χ2v) is 13.1. The molecule has 10 nitrogen and oxygen atoms in total. The maximum atomic E-state index is 14.1. The fourth-order valence-corrected chi connectivity index (χ4v) is 6.50. The highest BCUT2D eigenvalue weighted by Crippen LogP contribution is 2.34. The Hall–Kier alpha value is -4.12. The summed E-state index contributed by atoms with van der Waals surface area (Å²) >= 11 is 0. The summed E-state index contributed by atoms with van der Waals surface area (Å²) in [5.74, 6) is 0.320.